The second-order valence-electron chi connectivity index (χ2n) is 5.93. The Hall–Kier alpha value is -3.24. The van der Waals surface area contributed by atoms with E-state index in [1.54, 1.807) is 18.2 Å². The van der Waals surface area contributed by atoms with Crippen LogP contribution in [0.15, 0.2) is 53.4 Å². The van der Waals surface area contributed by atoms with Crippen molar-refractivity contribution in [2.45, 2.75) is 17.9 Å². The highest BCUT2D eigenvalue weighted by atomic mass is 32.2. The Morgan fingerprint density at radius 2 is 1.41 bits per heavy atom. The molecule has 0 heterocycles. The number of benzene rings is 2. The molecule has 0 bridgehead atoms. The number of nitrogens with one attached hydrogen (secondary N) is 2. The fourth-order valence-electron chi connectivity index (χ4n) is 2.38. The van der Waals surface area contributed by atoms with E-state index in [0.29, 0.717) is 0 Å². The average molecular weight is 420 g/mol. The van der Waals surface area contributed by atoms with Gasteiger partial charge in [-0.25, -0.2) is 18.0 Å². The van der Waals surface area contributed by atoms with Crippen LogP contribution in [-0.4, -0.2) is 46.5 Å². The van der Waals surface area contributed by atoms with Crippen molar-refractivity contribution in [3.05, 3.63) is 59.7 Å². The summed E-state index contributed by atoms with van der Waals surface area (Å²) < 4.78 is 36.2. The van der Waals surface area contributed by atoms with Crippen molar-refractivity contribution in [1.29, 1.82) is 0 Å². The molecular weight excluding hydrogens is 400 g/mol. The minimum absolute atomic E-state index is 0.0142. The molecule has 29 heavy (non-hydrogen) atoms. The Kier molecular flexibility index (Phi) is 7.08. The van der Waals surface area contributed by atoms with Crippen LogP contribution in [0.5, 0.6) is 0 Å². The monoisotopic (exact) mass is 420 g/mol. The van der Waals surface area contributed by atoms with Crippen molar-refractivity contribution in [3.8, 4) is 0 Å². The zero-order valence-corrected chi connectivity index (χ0v) is 16.8. The lowest BCUT2D eigenvalue weighted by Gasteiger charge is -2.15. The Bertz CT molecular complexity index is 986. The standard InChI is InChI=1S/C19H20N2O7S/c1-12(21-29(25,26)16-7-5-4-6-8-16)17(22)20-15-10-13(18(23)27-2)9-14(11-15)19(24)28-3/h4-12,21H,1-3H3,(H,20,22)/t12-/m1/s1. The molecule has 10 heteroatoms. The van der Waals surface area contributed by atoms with Crippen molar-refractivity contribution >= 4 is 33.6 Å². The minimum Gasteiger partial charge on any atom is -0.465 e. The van der Waals surface area contributed by atoms with Crippen LogP contribution in [0.25, 0.3) is 0 Å². The topological polar surface area (TPSA) is 128 Å². The highest BCUT2D eigenvalue weighted by molar-refractivity contribution is 7.89. The van der Waals surface area contributed by atoms with Gasteiger partial charge in [0.15, 0.2) is 0 Å². The summed E-state index contributed by atoms with van der Waals surface area (Å²) in [6, 6.07) is 10.3. The van der Waals surface area contributed by atoms with Gasteiger partial charge in [0, 0.05) is 5.69 Å². The highest BCUT2D eigenvalue weighted by Gasteiger charge is 2.23. The number of hydrogen-bond donors (Lipinski definition) is 2. The van der Waals surface area contributed by atoms with Crippen molar-refractivity contribution in [3.63, 3.8) is 0 Å². The normalized spacial score (nSPS) is 12.0. The fourth-order valence-corrected chi connectivity index (χ4v) is 3.60. The van der Waals surface area contributed by atoms with Crippen molar-refractivity contribution in [2.75, 3.05) is 19.5 Å². The summed E-state index contributed by atoms with van der Waals surface area (Å²) in [5, 5.41) is 2.47. The maximum Gasteiger partial charge on any atom is 0.337 e. The van der Waals surface area contributed by atoms with Crippen molar-refractivity contribution in [1.82, 2.24) is 4.72 Å². The summed E-state index contributed by atoms with van der Waals surface area (Å²) in [7, 11) is -1.56. The van der Waals surface area contributed by atoms with Gasteiger partial charge in [-0.15, -0.1) is 0 Å². The molecule has 2 aromatic carbocycles. The van der Waals surface area contributed by atoms with Gasteiger partial charge in [0.1, 0.15) is 0 Å². The van der Waals surface area contributed by atoms with Gasteiger partial charge in [-0.3, -0.25) is 4.79 Å². The molecule has 9 nitrogen and oxygen atoms in total. The molecule has 0 aliphatic heterocycles. The zero-order valence-electron chi connectivity index (χ0n) is 16.0. The van der Waals surface area contributed by atoms with Crippen LogP contribution in [0.3, 0.4) is 0 Å². The molecule has 2 rings (SSSR count). The van der Waals surface area contributed by atoms with Crippen LogP contribution in [0.1, 0.15) is 27.6 Å². The van der Waals surface area contributed by atoms with Gasteiger partial charge in [-0.05, 0) is 37.3 Å². The molecule has 0 radical (unpaired) electrons. The van der Waals surface area contributed by atoms with Gasteiger partial charge < -0.3 is 14.8 Å². The number of rotatable bonds is 7. The summed E-state index contributed by atoms with van der Waals surface area (Å²) >= 11 is 0. The molecule has 1 amide bonds. The summed E-state index contributed by atoms with van der Waals surface area (Å²) in [6.07, 6.45) is 0. The summed E-state index contributed by atoms with van der Waals surface area (Å²) in [4.78, 5) is 36.1. The van der Waals surface area contributed by atoms with Crippen molar-refractivity contribution < 1.29 is 32.3 Å². The molecule has 2 aromatic rings. The lowest BCUT2D eigenvalue weighted by atomic mass is 10.1. The van der Waals surface area contributed by atoms with Crippen molar-refractivity contribution in [2.24, 2.45) is 0 Å². The van der Waals surface area contributed by atoms with Gasteiger partial charge in [0.2, 0.25) is 15.9 Å². The molecule has 154 valence electrons. The average Bonchev–Trinajstić information content (AvgIpc) is 2.72. The first-order valence-corrected chi connectivity index (χ1v) is 9.86. The Balaban J connectivity index is 2.22. The largest absolute Gasteiger partial charge is 0.465 e. The third-order valence-electron chi connectivity index (χ3n) is 3.82. The van der Waals surface area contributed by atoms with Crippen LogP contribution < -0.4 is 10.0 Å². The summed E-state index contributed by atoms with van der Waals surface area (Å²) in [6.45, 7) is 1.36. The molecule has 0 unspecified atom stereocenters. The van der Waals surface area contributed by atoms with E-state index < -0.39 is 33.9 Å². The first kappa shape index (κ1) is 22.1. The second-order valence-corrected chi connectivity index (χ2v) is 7.64. The molecule has 0 fully saturated rings. The molecule has 0 aromatic heterocycles. The number of ether oxygens (including phenoxy) is 2. The highest BCUT2D eigenvalue weighted by Crippen LogP contribution is 2.18. The number of amides is 1. The number of hydrogen-bond acceptors (Lipinski definition) is 7. The molecule has 0 aliphatic carbocycles. The smallest absolute Gasteiger partial charge is 0.337 e. The Morgan fingerprint density at radius 1 is 0.897 bits per heavy atom. The number of carbonyl (C=O) groups excluding carboxylic acids is 3. The summed E-state index contributed by atoms with van der Waals surface area (Å²) in [5.41, 5.74) is 0.135. The Labute approximate surface area is 168 Å². The third kappa shape index (κ3) is 5.62. The fraction of sp³-hybridized carbons (Fsp3) is 0.211. The quantitative estimate of drug-likeness (QED) is 0.651. The van der Waals surface area contributed by atoms with E-state index in [2.05, 4.69) is 19.5 Å². The van der Waals surface area contributed by atoms with Gasteiger partial charge >= 0.3 is 11.9 Å². The first-order chi connectivity index (χ1) is 13.7. The second kappa shape index (κ2) is 9.30. The number of sulfonamides is 1. The van der Waals surface area contributed by atoms with E-state index in [0.717, 1.165) is 0 Å². The molecular formula is C19H20N2O7S. The van der Waals surface area contributed by atoms with Gasteiger partial charge in [0.05, 0.1) is 36.3 Å². The molecule has 0 aliphatic rings. The molecule has 0 spiro atoms. The van der Waals surface area contributed by atoms with Crippen LogP contribution in [-0.2, 0) is 24.3 Å². The number of anilines is 1. The van der Waals surface area contributed by atoms with E-state index in [4.69, 9.17) is 0 Å². The predicted molar refractivity (Wildman–Crippen MR) is 104 cm³/mol. The maximum absolute atomic E-state index is 12.5. The minimum atomic E-state index is -3.91. The first-order valence-electron chi connectivity index (χ1n) is 8.38. The van der Waals surface area contributed by atoms with Crippen LogP contribution in [0, 0.1) is 0 Å². The number of methoxy groups -OCH3 is 2. The van der Waals surface area contributed by atoms with E-state index in [-0.39, 0.29) is 21.7 Å². The molecule has 2 N–H and O–H groups in total. The lowest BCUT2D eigenvalue weighted by Crippen LogP contribution is -2.41. The maximum atomic E-state index is 12.5. The van der Waals surface area contributed by atoms with Crippen LogP contribution in [0.4, 0.5) is 5.69 Å². The number of esters is 2. The molecule has 1 atom stereocenters. The zero-order chi connectivity index (χ0) is 21.6. The third-order valence-corrected chi connectivity index (χ3v) is 5.38. The van der Waals surface area contributed by atoms with E-state index in [9.17, 15) is 22.8 Å². The summed E-state index contributed by atoms with van der Waals surface area (Å²) in [5.74, 6) is -2.13. The van der Waals surface area contributed by atoms with E-state index in [1.165, 1.54) is 51.5 Å². The molecule has 0 saturated carbocycles. The van der Waals surface area contributed by atoms with Gasteiger partial charge in [-0.1, -0.05) is 18.2 Å². The van der Waals surface area contributed by atoms with E-state index in [1.807, 2.05) is 0 Å². The lowest BCUT2D eigenvalue weighted by molar-refractivity contribution is -0.117. The molecule has 0 saturated heterocycles. The Morgan fingerprint density at radius 3 is 1.90 bits per heavy atom. The van der Waals surface area contributed by atoms with E-state index >= 15 is 0 Å². The SMILES string of the molecule is COC(=O)c1cc(NC(=O)[C@@H](C)NS(=O)(=O)c2ccccc2)cc(C(=O)OC)c1. The van der Waals surface area contributed by atoms with Gasteiger partial charge in [0.25, 0.3) is 0 Å². The number of carbonyl (C=O) groups is 3. The predicted octanol–water partition coefficient (Wildman–Crippen LogP) is 1.57. The van der Waals surface area contributed by atoms with Crippen LogP contribution in [0.2, 0.25) is 0 Å². The van der Waals surface area contributed by atoms with Gasteiger partial charge in [-0.2, -0.15) is 4.72 Å². The van der Waals surface area contributed by atoms with Crippen LogP contribution >= 0.6 is 0 Å².